The highest BCUT2D eigenvalue weighted by Gasteiger charge is 2.29. The van der Waals surface area contributed by atoms with Gasteiger partial charge in [-0.3, -0.25) is 4.79 Å². The maximum atomic E-state index is 11.8. The molecule has 82 valence electrons. The van der Waals surface area contributed by atoms with Crippen LogP contribution in [0.4, 0.5) is 0 Å². The second-order valence-corrected chi connectivity index (χ2v) is 4.55. The molecule has 0 aromatic carbocycles. The Morgan fingerprint density at radius 1 is 1.64 bits per heavy atom. The molecule has 0 N–H and O–H groups in total. The Kier molecular flexibility index (Phi) is 4.20. The number of hydrogen-bond donors (Lipinski definition) is 0. The van der Waals surface area contributed by atoms with E-state index in [0.717, 1.165) is 19.5 Å². The van der Waals surface area contributed by atoms with Gasteiger partial charge in [0.2, 0.25) is 5.91 Å². The highest BCUT2D eigenvalue weighted by molar-refractivity contribution is 6.19. The molecule has 3 nitrogen and oxygen atoms in total. The van der Waals surface area contributed by atoms with Gasteiger partial charge in [-0.2, -0.15) is 0 Å². The third-order valence-corrected chi connectivity index (χ3v) is 3.32. The van der Waals surface area contributed by atoms with Crippen molar-refractivity contribution in [2.24, 2.45) is 5.92 Å². The lowest BCUT2D eigenvalue weighted by atomic mass is 10.2. The van der Waals surface area contributed by atoms with E-state index in [4.69, 9.17) is 11.6 Å². The summed E-state index contributed by atoms with van der Waals surface area (Å²) < 4.78 is 0. The lowest BCUT2D eigenvalue weighted by Crippen LogP contribution is -2.37. The number of carbonyl (C=O) groups is 1. The van der Waals surface area contributed by atoms with Gasteiger partial charge in [0.1, 0.15) is 0 Å². The number of rotatable bonds is 3. The summed E-state index contributed by atoms with van der Waals surface area (Å²) in [6.07, 6.45) is 1.08. The predicted octanol–water partition coefficient (Wildman–Crippen LogP) is 1.02. The van der Waals surface area contributed by atoms with Crippen molar-refractivity contribution < 1.29 is 4.79 Å². The van der Waals surface area contributed by atoms with Crippen LogP contribution in [0, 0.1) is 5.92 Å². The largest absolute Gasteiger partial charge is 0.341 e. The number of likely N-dealkylation sites (tertiary alicyclic amines) is 1. The van der Waals surface area contributed by atoms with Crippen molar-refractivity contribution in [3.8, 4) is 0 Å². The predicted molar refractivity (Wildman–Crippen MR) is 58.6 cm³/mol. The monoisotopic (exact) mass is 218 g/mol. The fourth-order valence-electron chi connectivity index (χ4n) is 1.74. The highest BCUT2D eigenvalue weighted by Crippen LogP contribution is 2.16. The second-order valence-electron chi connectivity index (χ2n) is 4.25. The molecule has 1 aliphatic heterocycles. The van der Waals surface area contributed by atoms with Crippen LogP contribution in [-0.2, 0) is 4.79 Å². The number of halogens is 1. The summed E-state index contributed by atoms with van der Waals surface area (Å²) >= 11 is 5.67. The van der Waals surface area contributed by atoms with Crippen molar-refractivity contribution in [3.05, 3.63) is 0 Å². The average Bonchev–Trinajstić information content (AvgIpc) is 2.64. The topological polar surface area (TPSA) is 23.6 Å². The minimum absolute atomic E-state index is 0.0439. The van der Waals surface area contributed by atoms with Crippen LogP contribution < -0.4 is 0 Å². The molecule has 0 saturated carbocycles. The van der Waals surface area contributed by atoms with E-state index >= 15 is 0 Å². The molecule has 1 saturated heterocycles. The van der Waals surface area contributed by atoms with Gasteiger partial charge in [-0.1, -0.05) is 6.92 Å². The third kappa shape index (κ3) is 2.61. The molecule has 0 aliphatic carbocycles. The minimum atomic E-state index is -0.0439. The van der Waals surface area contributed by atoms with Crippen molar-refractivity contribution in [2.75, 3.05) is 33.1 Å². The van der Waals surface area contributed by atoms with E-state index in [2.05, 4.69) is 19.0 Å². The molecule has 0 aromatic rings. The van der Waals surface area contributed by atoms with Crippen LogP contribution in [0.15, 0.2) is 0 Å². The summed E-state index contributed by atoms with van der Waals surface area (Å²) in [5.74, 6) is 0.573. The van der Waals surface area contributed by atoms with Gasteiger partial charge in [-0.25, -0.2) is 0 Å². The summed E-state index contributed by atoms with van der Waals surface area (Å²) in [6.45, 7) is 3.62. The number of hydrogen-bond acceptors (Lipinski definition) is 2. The number of nitrogens with zero attached hydrogens (tertiary/aromatic N) is 2. The van der Waals surface area contributed by atoms with Crippen LogP contribution in [0.25, 0.3) is 0 Å². The summed E-state index contributed by atoms with van der Waals surface area (Å²) in [6, 6.07) is 0.515. The van der Waals surface area contributed by atoms with Crippen LogP contribution in [0.3, 0.4) is 0 Å². The first-order valence-electron chi connectivity index (χ1n) is 5.07. The standard InChI is InChI=1S/C10H19ClN2O/c1-8(6-11)10(14)13-5-4-9(7-13)12(2)3/h8-9H,4-7H2,1-3H3. The Hall–Kier alpha value is -0.280. The molecular weight excluding hydrogens is 200 g/mol. The molecule has 1 rings (SSSR count). The molecule has 1 heterocycles. The van der Waals surface area contributed by atoms with Crippen LogP contribution in [0.2, 0.25) is 0 Å². The molecule has 0 aromatic heterocycles. The molecule has 0 spiro atoms. The Bertz CT molecular complexity index is 208. The van der Waals surface area contributed by atoms with Gasteiger partial charge in [0.05, 0.1) is 0 Å². The highest BCUT2D eigenvalue weighted by atomic mass is 35.5. The SMILES string of the molecule is CC(CCl)C(=O)N1CCC(N(C)C)C1. The van der Waals surface area contributed by atoms with E-state index in [-0.39, 0.29) is 11.8 Å². The number of carbonyl (C=O) groups excluding carboxylic acids is 1. The zero-order valence-corrected chi connectivity index (χ0v) is 9.92. The van der Waals surface area contributed by atoms with Gasteiger partial charge in [0.25, 0.3) is 0 Å². The van der Waals surface area contributed by atoms with E-state index in [1.54, 1.807) is 0 Å². The lowest BCUT2D eigenvalue weighted by molar-refractivity contribution is -0.133. The molecule has 0 bridgehead atoms. The molecular formula is C10H19ClN2O. The van der Waals surface area contributed by atoms with Gasteiger partial charge >= 0.3 is 0 Å². The number of alkyl halides is 1. The lowest BCUT2D eigenvalue weighted by Gasteiger charge is -2.22. The molecule has 2 atom stereocenters. The van der Waals surface area contributed by atoms with E-state index in [9.17, 15) is 4.79 Å². The maximum absolute atomic E-state index is 11.8. The van der Waals surface area contributed by atoms with Crippen LogP contribution >= 0.6 is 11.6 Å². The second kappa shape index (κ2) is 4.99. The maximum Gasteiger partial charge on any atom is 0.226 e. The normalized spacial score (nSPS) is 24.4. The van der Waals surface area contributed by atoms with E-state index in [0.29, 0.717) is 11.9 Å². The molecule has 0 radical (unpaired) electrons. The fourth-order valence-corrected chi connectivity index (χ4v) is 1.87. The van der Waals surface area contributed by atoms with Crippen molar-refractivity contribution >= 4 is 17.5 Å². The quantitative estimate of drug-likeness (QED) is 0.661. The Labute approximate surface area is 91.0 Å². The Morgan fingerprint density at radius 3 is 2.71 bits per heavy atom. The smallest absolute Gasteiger partial charge is 0.226 e. The van der Waals surface area contributed by atoms with Crippen molar-refractivity contribution in [1.82, 2.24) is 9.80 Å². The summed E-state index contributed by atoms with van der Waals surface area (Å²) in [4.78, 5) is 15.9. The van der Waals surface area contributed by atoms with Gasteiger partial charge in [-0.15, -0.1) is 11.6 Å². The van der Waals surface area contributed by atoms with E-state index < -0.39 is 0 Å². The molecule has 1 aliphatic rings. The first-order valence-corrected chi connectivity index (χ1v) is 5.61. The van der Waals surface area contributed by atoms with Crippen LogP contribution in [-0.4, -0.2) is 54.8 Å². The van der Waals surface area contributed by atoms with Gasteiger partial charge in [0, 0.05) is 30.9 Å². The summed E-state index contributed by atoms with van der Waals surface area (Å²) in [5, 5.41) is 0. The van der Waals surface area contributed by atoms with E-state index in [1.807, 2.05) is 11.8 Å². The molecule has 1 fully saturated rings. The van der Waals surface area contributed by atoms with Gasteiger partial charge in [-0.05, 0) is 20.5 Å². The number of amides is 1. The van der Waals surface area contributed by atoms with Gasteiger partial charge < -0.3 is 9.80 Å². The molecule has 14 heavy (non-hydrogen) atoms. The number of likely N-dealkylation sites (N-methyl/N-ethyl adjacent to an activating group) is 1. The third-order valence-electron chi connectivity index (χ3n) is 2.86. The van der Waals surface area contributed by atoms with Crippen molar-refractivity contribution in [2.45, 2.75) is 19.4 Å². The van der Waals surface area contributed by atoms with Crippen molar-refractivity contribution in [1.29, 1.82) is 0 Å². The average molecular weight is 219 g/mol. The molecule has 2 unspecified atom stereocenters. The van der Waals surface area contributed by atoms with Crippen molar-refractivity contribution in [3.63, 3.8) is 0 Å². The van der Waals surface area contributed by atoms with Crippen LogP contribution in [0.5, 0.6) is 0 Å². The summed E-state index contributed by atoms with van der Waals surface area (Å²) in [5.41, 5.74) is 0. The fraction of sp³-hybridized carbons (Fsp3) is 0.900. The van der Waals surface area contributed by atoms with Crippen LogP contribution in [0.1, 0.15) is 13.3 Å². The van der Waals surface area contributed by atoms with E-state index in [1.165, 1.54) is 0 Å². The zero-order valence-electron chi connectivity index (χ0n) is 9.16. The molecule has 4 heteroatoms. The first kappa shape index (κ1) is 11.8. The first-order chi connectivity index (χ1) is 6.56. The molecule has 1 amide bonds. The Balaban J connectivity index is 2.45. The Morgan fingerprint density at radius 2 is 2.29 bits per heavy atom. The summed E-state index contributed by atoms with van der Waals surface area (Å²) in [7, 11) is 4.12. The zero-order chi connectivity index (χ0) is 10.7. The minimum Gasteiger partial charge on any atom is -0.341 e. The van der Waals surface area contributed by atoms with Gasteiger partial charge in [0.15, 0.2) is 0 Å².